The van der Waals surface area contributed by atoms with Crippen LogP contribution in [0.2, 0.25) is 0 Å². The predicted octanol–water partition coefficient (Wildman–Crippen LogP) is 2.29. The molecule has 0 bridgehead atoms. The van der Waals surface area contributed by atoms with Crippen molar-refractivity contribution in [3.8, 4) is 22.9 Å². The molecule has 25 heavy (non-hydrogen) atoms. The summed E-state index contributed by atoms with van der Waals surface area (Å²) in [6.07, 6.45) is 4.25. The topological polar surface area (TPSA) is 86.4 Å². The van der Waals surface area contributed by atoms with Crippen LogP contribution in [0.3, 0.4) is 0 Å². The molecule has 0 aromatic carbocycles. The Morgan fingerprint density at radius 2 is 2.16 bits per heavy atom. The molecule has 1 N–H and O–H groups in total. The van der Waals surface area contributed by atoms with E-state index < -0.39 is 0 Å². The SMILES string of the molecule is CCOCCn1nc(-c2cn[nH]c2C)nc1-c1cc(C2CC2)n(C)n1. The van der Waals surface area contributed by atoms with Crippen LogP contribution in [0.25, 0.3) is 22.9 Å². The summed E-state index contributed by atoms with van der Waals surface area (Å²) in [5.41, 5.74) is 4.00. The van der Waals surface area contributed by atoms with E-state index in [0.717, 1.165) is 22.8 Å². The minimum Gasteiger partial charge on any atom is -0.380 e. The second-order valence-corrected chi connectivity index (χ2v) is 6.44. The van der Waals surface area contributed by atoms with Crippen LogP contribution in [0.4, 0.5) is 0 Å². The number of rotatable bonds is 7. The Labute approximate surface area is 146 Å². The van der Waals surface area contributed by atoms with Crippen molar-refractivity contribution in [3.63, 3.8) is 0 Å². The van der Waals surface area contributed by atoms with Crippen LogP contribution in [0, 0.1) is 6.92 Å². The maximum Gasteiger partial charge on any atom is 0.185 e. The Balaban J connectivity index is 1.72. The molecule has 1 fully saturated rings. The van der Waals surface area contributed by atoms with Crippen molar-refractivity contribution in [1.82, 2.24) is 34.7 Å². The van der Waals surface area contributed by atoms with Crippen LogP contribution in [-0.2, 0) is 18.3 Å². The van der Waals surface area contributed by atoms with Gasteiger partial charge in [0, 0.05) is 31.0 Å². The molecular weight excluding hydrogens is 318 g/mol. The third kappa shape index (κ3) is 3.09. The second kappa shape index (κ2) is 6.44. The van der Waals surface area contributed by atoms with Crippen molar-refractivity contribution < 1.29 is 4.74 Å². The van der Waals surface area contributed by atoms with Gasteiger partial charge in [0.25, 0.3) is 0 Å². The van der Waals surface area contributed by atoms with Crippen molar-refractivity contribution in [2.45, 2.75) is 39.2 Å². The van der Waals surface area contributed by atoms with E-state index in [9.17, 15) is 0 Å². The van der Waals surface area contributed by atoms with E-state index in [2.05, 4.69) is 26.5 Å². The largest absolute Gasteiger partial charge is 0.380 e. The lowest BCUT2D eigenvalue weighted by molar-refractivity contribution is 0.136. The molecule has 1 saturated carbocycles. The normalized spacial score (nSPS) is 14.4. The molecule has 3 aromatic rings. The molecule has 1 aliphatic carbocycles. The van der Waals surface area contributed by atoms with Gasteiger partial charge in [0.2, 0.25) is 0 Å². The minimum absolute atomic E-state index is 0.596. The van der Waals surface area contributed by atoms with Gasteiger partial charge in [-0.05, 0) is 32.8 Å². The van der Waals surface area contributed by atoms with Crippen LogP contribution in [0.1, 0.15) is 37.1 Å². The zero-order valence-corrected chi connectivity index (χ0v) is 14.9. The fraction of sp³-hybridized carbons (Fsp3) is 0.529. The standard InChI is InChI=1S/C17H23N7O/c1-4-25-8-7-24-17(14-9-15(12-5-6-12)23(3)21-14)19-16(22-24)13-10-18-20-11(13)2/h9-10,12H,4-8H2,1-3H3,(H,18,20). The Kier molecular flexibility index (Phi) is 4.12. The van der Waals surface area contributed by atoms with E-state index in [1.165, 1.54) is 18.5 Å². The number of ether oxygens (including phenoxy) is 1. The number of H-pyrrole nitrogens is 1. The molecule has 8 heteroatoms. The third-order valence-corrected chi connectivity index (χ3v) is 4.53. The first kappa shape index (κ1) is 16.0. The van der Waals surface area contributed by atoms with Gasteiger partial charge in [-0.15, -0.1) is 0 Å². The molecule has 0 spiro atoms. The quantitative estimate of drug-likeness (QED) is 0.666. The van der Waals surface area contributed by atoms with Crippen molar-refractivity contribution in [2.24, 2.45) is 7.05 Å². The molecule has 3 heterocycles. The summed E-state index contributed by atoms with van der Waals surface area (Å²) < 4.78 is 9.35. The first-order valence-electron chi connectivity index (χ1n) is 8.74. The number of hydrogen-bond acceptors (Lipinski definition) is 5. The number of aryl methyl sites for hydroxylation is 2. The number of aromatic amines is 1. The van der Waals surface area contributed by atoms with Gasteiger partial charge in [-0.2, -0.15) is 15.3 Å². The van der Waals surface area contributed by atoms with E-state index in [0.29, 0.717) is 31.5 Å². The van der Waals surface area contributed by atoms with Crippen molar-refractivity contribution >= 4 is 0 Å². The number of aromatic nitrogens is 7. The molecule has 4 rings (SSSR count). The summed E-state index contributed by atoms with van der Waals surface area (Å²) >= 11 is 0. The van der Waals surface area contributed by atoms with E-state index in [1.807, 2.05) is 30.3 Å². The van der Waals surface area contributed by atoms with Gasteiger partial charge in [-0.25, -0.2) is 9.67 Å². The van der Waals surface area contributed by atoms with Crippen LogP contribution in [-0.4, -0.2) is 48.0 Å². The van der Waals surface area contributed by atoms with Crippen LogP contribution in [0.5, 0.6) is 0 Å². The smallest absolute Gasteiger partial charge is 0.185 e. The molecule has 0 atom stereocenters. The van der Waals surface area contributed by atoms with Crippen LogP contribution in [0.15, 0.2) is 12.3 Å². The zero-order valence-electron chi connectivity index (χ0n) is 14.9. The summed E-state index contributed by atoms with van der Waals surface area (Å²) in [4.78, 5) is 4.76. The average molecular weight is 341 g/mol. The molecule has 3 aromatic heterocycles. The first-order chi connectivity index (χ1) is 12.2. The first-order valence-corrected chi connectivity index (χ1v) is 8.74. The van der Waals surface area contributed by atoms with E-state index in [4.69, 9.17) is 9.72 Å². The highest BCUT2D eigenvalue weighted by atomic mass is 16.5. The summed E-state index contributed by atoms with van der Waals surface area (Å²) in [6, 6.07) is 2.14. The van der Waals surface area contributed by atoms with E-state index in [1.54, 1.807) is 6.20 Å². The maximum absolute atomic E-state index is 5.50. The Morgan fingerprint density at radius 3 is 2.84 bits per heavy atom. The van der Waals surface area contributed by atoms with Gasteiger partial charge in [-0.1, -0.05) is 0 Å². The Bertz CT molecular complexity index is 872. The fourth-order valence-corrected chi connectivity index (χ4v) is 3.03. The van der Waals surface area contributed by atoms with Gasteiger partial charge in [0.1, 0.15) is 5.69 Å². The summed E-state index contributed by atoms with van der Waals surface area (Å²) in [6.45, 7) is 5.88. The highest BCUT2D eigenvalue weighted by Gasteiger charge is 2.28. The Morgan fingerprint density at radius 1 is 1.32 bits per heavy atom. The molecule has 1 aliphatic rings. The van der Waals surface area contributed by atoms with Crippen molar-refractivity contribution in [2.75, 3.05) is 13.2 Å². The fourth-order valence-electron chi connectivity index (χ4n) is 3.03. The average Bonchev–Trinajstić information content (AvgIpc) is 3.01. The molecule has 132 valence electrons. The van der Waals surface area contributed by atoms with Gasteiger partial charge in [-0.3, -0.25) is 9.78 Å². The third-order valence-electron chi connectivity index (χ3n) is 4.53. The van der Waals surface area contributed by atoms with Crippen LogP contribution >= 0.6 is 0 Å². The highest BCUT2D eigenvalue weighted by Crippen LogP contribution is 2.40. The number of hydrogen-bond donors (Lipinski definition) is 1. The highest BCUT2D eigenvalue weighted by molar-refractivity contribution is 5.61. The molecule has 0 unspecified atom stereocenters. The molecule has 0 radical (unpaired) electrons. The van der Waals surface area contributed by atoms with Gasteiger partial charge < -0.3 is 4.74 Å². The number of nitrogens with one attached hydrogen (secondary N) is 1. The molecular formula is C17H23N7O. The monoisotopic (exact) mass is 341 g/mol. The lowest BCUT2D eigenvalue weighted by Gasteiger charge is -2.03. The van der Waals surface area contributed by atoms with E-state index in [-0.39, 0.29) is 0 Å². The van der Waals surface area contributed by atoms with Gasteiger partial charge >= 0.3 is 0 Å². The summed E-state index contributed by atoms with van der Waals surface area (Å²) in [7, 11) is 2.00. The maximum atomic E-state index is 5.50. The predicted molar refractivity (Wildman–Crippen MR) is 93.0 cm³/mol. The molecule has 0 saturated heterocycles. The van der Waals surface area contributed by atoms with Crippen LogP contribution < -0.4 is 0 Å². The van der Waals surface area contributed by atoms with Crippen molar-refractivity contribution in [3.05, 3.63) is 23.7 Å². The zero-order chi connectivity index (χ0) is 17.4. The summed E-state index contributed by atoms with van der Waals surface area (Å²) in [5, 5.41) is 16.4. The summed E-state index contributed by atoms with van der Waals surface area (Å²) in [5.74, 6) is 2.08. The second-order valence-electron chi connectivity index (χ2n) is 6.44. The number of nitrogens with zero attached hydrogens (tertiary/aromatic N) is 6. The molecule has 0 aliphatic heterocycles. The minimum atomic E-state index is 0.596. The Hall–Kier alpha value is -2.48. The van der Waals surface area contributed by atoms with Gasteiger partial charge in [0.15, 0.2) is 11.6 Å². The van der Waals surface area contributed by atoms with Crippen molar-refractivity contribution in [1.29, 1.82) is 0 Å². The lowest BCUT2D eigenvalue weighted by Crippen LogP contribution is -2.09. The van der Waals surface area contributed by atoms with Gasteiger partial charge in [0.05, 0.1) is 24.9 Å². The molecule has 8 nitrogen and oxygen atoms in total. The molecule has 0 amide bonds. The van der Waals surface area contributed by atoms with E-state index >= 15 is 0 Å². The lowest BCUT2D eigenvalue weighted by atomic mass is 10.2.